The van der Waals surface area contributed by atoms with Gasteiger partial charge in [0, 0.05) is 25.6 Å². The monoisotopic (exact) mass is 367 g/mol. The van der Waals surface area contributed by atoms with Crippen LogP contribution in [0.1, 0.15) is 37.7 Å². The van der Waals surface area contributed by atoms with Gasteiger partial charge in [-0.1, -0.05) is 6.07 Å². The van der Waals surface area contributed by atoms with Crippen molar-refractivity contribution in [1.82, 2.24) is 20.4 Å². The number of ether oxygens (including phenoxy) is 1. The van der Waals surface area contributed by atoms with Gasteiger partial charge in [0.05, 0.1) is 17.8 Å². The molecule has 0 saturated heterocycles. The van der Waals surface area contributed by atoms with Crippen LogP contribution in [0.3, 0.4) is 0 Å². The Labute approximate surface area is 158 Å². The maximum absolute atomic E-state index is 12.3. The Morgan fingerprint density at radius 1 is 1.30 bits per heavy atom. The Morgan fingerprint density at radius 3 is 3.04 bits per heavy atom. The minimum absolute atomic E-state index is 0.174. The molecule has 2 N–H and O–H groups in total. The van der Waals surface area contributed by atoms with E-state index < -0.39 is 0 Å². The molecule has 2 atom stereocenters. The summed E-state index contributed by atoms with van der Waals surface area (Å²) in [6.07, 6.45) is 9.29. The number of methoxy groups -OCH3 is 1. The maximum atomic E-state index is 12.3. The second-order valence-corrected chi connectivity index (χ2v) is 7.24. The summed E-state index contributed by atoms with van der Waals surface area (Å²) < 4.78 is 7.31. The van der Waals surface area contributed by atoms with Crippen LogP contribution in [0.25, 0.3) is 17.0 Å². The van der Waals surface area contributed by atoms with E-state index in [4.69, 9.17) is 4.74 Å². The number of carbonyl (C=O) groups is 1. The van der Waals surface area contributed by atoms with E-state index >= 15 is 0 Å². The van der Waals surface area contributed by atoms with Gasteiger partial charge in [-0.25, -0.2) is 4.99 Å². The number of amides is 1. The predicted molar refractivity (Wildman–Crippen MR) is 105 cm³/mol. The molecule has 7 nitrogen and oxygen atoms in total. The fraction of sp³-hybridized carbons (Fsp3) is 0.450. The molecule has 1 aromatic carbocycles. The van der Waals surface area contributed by atoms with E-state index in [0.717, 1.165) is 48.6 Å². The number of hydrogen-bond donors (Lipinski definition) is 2. The van der Waals surface area contributed by atoms with Crippen LogP contribution in [0.2, 0.25) is 0 Å². The molecule has 2 aliphatic rings. The number of nitrogens with zero attached hydrogens (tertiary/aromatic N) is 3. The van der Waals surface area contributed by atoms with E-state index in [1.165, 1.54) is 0 Å². The maximum Gasteiger partial charge on any atom is 0.276 e. The fourth-order valence-electron chi connectivity index (χ4n) is 3.81. The van der Waals surface area contributed by atoms with Gasteiger partial charge in [-0.2, -0.15) is 5.10 Å². The quantitative estimate of drug-likeness (QED) is 0.645. The zero-order chi connectivity index (χ0) is 18.8. The molecule has 0 radical (unpaired) electrons. The molecule has 1 amide bonds. The normalized spacial score (nSPS) is 24.7. The number of hydrogen-bond acceptors (Lipinski definition) is 5. The lowest BCUT2D eigenvalue weighted by molar-refractivity contribution is -0.115. The number of carbonyl (C=O) groups excluding carboxylic acids is 1. The van der Waals surface area contributed by atoms with Crippen molar-refractivity contribution in [3.8, 4) is 0 Å². The number of nitrogens with one attached hydrogen (secondary N) is 2. The van der Waals surface area contributed by atoms with Crippen LogP contribution < -0.4 is 10.6 Å². The van der Waals surface area contributed by atoms with E-state index in [9.17, 15) is 4.79 Å². The lowest BCUT2D eigenvalue weighted by atomic mass is 10.1. The minimum atomic E-state index is -0.174. The summed E-state index contributed by atoms with van der Waals surface area (Å²) in [4.78, 5) is 16.8. The lowest BCUT2D eigenvalue weighted by Crippen LogP contribution is -2.42. The average molecular weight is 367 g/mol. The van der Waals surface area contributed by atoms with Crippen molar-refractivity contribution in [2.24, 2.45) is 12.0 Å². The molecule has 0 spiro atoms. The zero-order valence-electron chi connectivity index (χ0n) is 15.7. The first kappa shape index (κ1) is 17.7. The highest BCUT2D eigenvalue weighted by Gasteiger charge is 2.24. The summed E-state index contributed by atoms with van der Waals surface area (Å²) >= 11 is 0. The first-order chi connectivity index (χ1) is 13.1. The molecule has 2 aromatic rings. The average Bonchev–Trinajstić information content (AvgIpc) is 3.09. The Hall–Kier alpha value is -2.67. The van der Waals surface area contributed by atoms with Gasteiger partial charge in [-0.15, -0.1) is 0 Å². The van der Waals surface area contributed by atoms with Crippen molar-refractivity contribution in [2.75, 3.05) is 7.11 Å². The van der Waals surface area contributed by atoms with Crippen LogP contribution in [-0.2, 0) is 16.6 Å². The highest BCUT2D eigenvalue weighted by atomic mass is 16.5. The van der Waals surface area contributed by atoms with Crippen LogP contribution >= 0.6 is 0 Å². The Kier molecular flexibility index (Phi) is 4.94. The van der Waals surface area contributed by atoms with Gasteiger partial charge in [-0.05, 0) is 55.9 Å². The smallest absolute Gasteiger partial charge is 0.276 e. The largest absolute Gasteiger partial charge is 0.381 e. The van der Waals surface area contributed by atoms with Crippen LogP contribution in [0.15, 0.2) is 35.1 Å². The summed E-state index contributed by atoms with van der Waals surface area (Å²) in [6.45, 7) is 0. The molecule has 1 aromatic heterocycles. The van der Waals surface area contributed by atoms with Crippen molar-refractivity contribution in [3.05, 3.63) is 35.7 Å². The third-order valence-corrected chi connectivity index (χ3v) is 5.36. The SMILES string of the molecule is COC1CCCC(NC2=N/C(=C\c3ccc4c(cnn4C)c3)C(=O)N2)CC1. The number of guanidine groups is 1. The molecule has 0 bridgehead atoms. The third-order valence-electron chi connectivity index (χ3n) is 5.36. The Bertz CT molecular complexity index is 914. The molecule has 142 valence electrons. The van der Waals surface area contributed by atoms with Gasteiger partial charge in [0.25, 0.3) is 5.91 Å². The summed E-state index contributed by atoms with van der Waals surface area (Å²) in [7, 11) is 3.69. The van der Waals surface area contributed by atoms with Gasteiger partial charge < -0.3 is 10.1 Å². The first-order valence-electron chi connectivity index (χ1n) is 9.45. The molecular formula is C20H25N5O2. The number of aryl methyl sites for hydroxylation is 1. The molecule has 1 fully saturated rings. The van der Waals surface area contributed by atoms with Gasteiger partial charge in [0.1, 0.15) is 5.70 Å². The minimum Gasteiger partial charge on any atom is -0.381 e. The Morgan fingerprint density at radius 2 is 2.19 bits per heavy atom. The second kappa shape index (κ2) is 7.52. The molecule has 7 heteroatoms. The van der Waals surface area contributed by atoms with Crippen molar-refractivity contribution in [2.45, 2.75) is 44.2 Å². The molecule has 27 heavy (non-hydrogen) atoms. The molecular weight excluding hydrogens is 342 g/mol. The molecule has 4 rings (SSSR count). The van der Waals surface area contributed by atoms with Crippen LogP contribution in [0.4, 0.5) is 0 Å². The number of aliphatic imine (C=N–C) groups is 1. The van der Waals surface area contributed by atoms with Gasteiger partial charge >= 0.3 is 0 Å². The van der Waals surface area contributed by atoms with Crippen molar-refractivity contribution in [1.29, 1.82) is 0 Å². The standard InChI is InChI=1S/C20H25N5O2/c1-25-18-9-6-13(10-14(18)12-21-25)11-17-19(26)24-20(23-17)22-15-4-3-5-16(27-2)8-7-15/h6,9-12,15-16H,3-5,7-8H2,1-2H3,(H2,22,23,24,26)/b17-11-. The number of benzene rings is 1. The van der Waals surface area contributed by atoms with Crippen LogP contribution in [0, 0.1) is 0 Å². The van der Waals surface area contributed by atoms with Gasteiger partial charge in [-0.3, -0.25) is 14.8 Å². The molecule has 2 heterocycles. The molecule has 1 aliphatic heterocycles. The molecule has 2 unspecified atom stereocenters. The van der Waals surface area contributed by atoms with Gasteiger partial charge in [0.2, 0.25) is 5.96 Å². The first-order valence-corrected chi connectivity index (χ1v) is 9.45. The highest BCUT2D eigenvalue weighted by molar-refractivity contribution is 6.13. The highest BCUT2D eigenvalue weighted by Crippen LogP contribution is 2.21. The summed E-state index contributed by atoms with van der Waals surface area (Å²) in [5, 5.41) is 11.5. The van der Waals surface area contributed by atoms with Crippen LogP contribution in [0.5, 0.6) is 0 Å². The number of fused-ring (bicyclic) bond motifs is 1. The molecule has 1 aliphatic carbocycles. The van der Waals surface area contributed by atoms with Crippen molar-refractivity contribution < 1.29 is 9.53 Å². The lowest BCUT2D eigenvalue weighted by Gasteiger charge is -2.17. The second-order valence-electron chi connectivity index (χ2n) is 7.24. The fourth-order valence-corrected chi connectivity index (χ4v) is 3.81. The van der Waals surface area contributed by atoms with E-state index in [-0.39, 0.29) is 5.91 Å². The third kappa shape index (κ3) is 3.88. The zero-order valence-corrected chi connectivity index (χ0v) is 15.7. The summed E-state index contributed by atoms with van der Waals surface area (Å²) in [5.74, 6) is 0.377. The van der Waals surface area contributed by atoms with Crippen molar-refractivity contribution >= 4 is 28.8 Å². The number of rotatable bonds is 3. The number of aromatic nitrogens is 2. The summed E-state index contributed by atoms with van der Waals surface area (Å²) in [5.41, 5.74) is 2.41. The van der Waals surface area contributed by atoms with E-state index in [0.29, 0.717) is 23.8 Å². The predicted octanol–water partition coefficient (Wildman–Crippen LogP) is 2.34. The molecule has 1 saturated carbocycles. The van der Waals surface area contributed by atoms with E-state index in [2.05, 4.69) is 20.7 Å². The topological polar surface area (TPSA) is 80.5 Å². The Balaban J connectivity index is 1.47. The van der Waals surface area contributed by atoms with E-state index in [1.54, 1.807) is 7.11 Å². The van der Waals surface area contributed by atoms with Gasteiger partial charge in [0.15, 0.2) is 0 Å². The summed E-state index contributed by atoms with van der Waals surface area (Å²) in [6, 6.07) is 6.30. The van der Waals surface area contributed by atoms with Crippen molar-refractivity contribution in [3.63, 3.8) is 0 Å². The van der Waals surface area contributed by atoms with E-state index in [1.807, 2.05) is 42.2 Å². The van der Waals surface area contributed by atoms with Crippen LogP contribution in [-0.4, -0.2) is 40.9 Å².